The molecule has 0 N–H and O–H groups in total. The van der Waals surface area contributed by atoms with Crippen LogP contribution in [-0.2, 0) is 0 Å². The molecule has 0 nitrogen and oxygen atoms in total. The zero-order chi connectivity index (χ0) is 14.7. The molecule has 0 aromatic carbocycles. The Morgan fingerprint density at radius 3 is 2.67 bits per heavy atom. The molecule has 2 saturated carbocycles. The Labute approximate surface area is 132 Å². The van der Waals surface area contributed by atoms with E-state index in [0.717, 1.165) is 35.5 Å². The number of fused-ring (bicyclic) bond motifs is 3. The zero-order valence-electron chi connectivity index (χ0n) is 14.1. The quantitative estimate of drug-likeness (QED) is 0.496. The second kappa shape index (κ2) is 7.16. The fourth-order valence-corrected chi connectivity index (χ4v) is 5.41. The fourth-order valence-electron chi connectivity index (χ4n) is 5.41. The summed E-state index contributed by atoms with van der Waals surface area (Å²) >= 11 is 0. The van der Waals surface area contributed by atoms with Gasteiger partial charge in [-0.2, -0.15) is 0 Å². The highest BCUT2D eigenvalue weighted by atomic mass is 14.5. The molecule has 0 radical (unpaired) electrons. The molecular formula is C21H34. The topological polar surface area (TPSA) is 0 Å². The Hall–Kier alpha value is -0.520. The molecule has 0 heterocycles. The first-order valence-corrected chi connectivity index (χ1v) is 9.60. The molecule has 3 rings (SSSR count). The average molecular weight is 287 g/mol. The number of unbranched alkanes of at least 4 members (excludes halogenated alkanes) is 2. The molecule has 0 spiro atoms. The largest absolute Gasteiger partial charge is 0.0808 e. The summed E-state index contributed by atoms with van der Waals surface area (Å²) in [6.45, 7) is 4.71. The van der Waals surface area contributed by atoms with Crippen LogP contribution in [0, 0.1) is 35.5 Å². The van der Waals surface area contributed by atoms with Crippen LogP contribution in [0.5, 0.6) is 0 Å². The maximum Gasteiger partial charge on any atom is -0.0136 e. The Balaban J connectivity index is 1.48. The summed E-state index contributed by atoms with van der Waals surface area (Å²) in [5, 5.41) is 0. The van der Waals surface area contributed by atoms with Gasteiger partial charge in [-0.25, -0.2) is 0 Å². The van der Waals surface area contributed by atoms with E-state index in [1.807, 2.05) is 0 Å². The summed E-state index contributed by atoms with van der Waals surface area (Å²) in [6.07, 6.45) is 23.0. The Kier molecular flexibility index (Phi) is 5.24. The van der Waals surface area contributed by atoms with E-state index in [-0.39, 0.29) is 0 Å². The lowest BCUT2D eigenvalue weighted by atomic mass is 9.70. The van der Waals surface area contributed by atoms with Crippen molar-refractivity contribution in [1.29, 1.82) is 0 Å². The van der Waals surface area contributed by atoms with Crippen LogP contribution in [0.25, 0.3) is 0 Å². The molecule has 0 aromatic heterocycles. The minimum Gasteiger partial charge on any atom is -0.0808 e. The molecular weight excluding hydrogens is 252 g/mol. The minimum absolute atomic E-state index is 0.881. The van der Waals surface area contributed by atoms with Gasteiger partial charge in [0, 0.05) is 0 Å². The first kappa shape index (κ1) is 15.4. The second-order valence-electron chi connectivity index (χ2n) is 8.30. The van der Waals surface area contributed by atoms with Crippen LogP contribution in [0.1, 0.15) is 71.6 Å². The monoisotopic (exact) mass is 286 g/mol. The lowest BCUT2D eigenvalue weighted by molar-refractivity contribution is 0.154. The van der Waals surface area contributed by atoms with E-state index in [2.05, 4.69) is 38.2 Å². The maximum absolute atomic E-state index is 2.53. The van der Waals surface area contributed by atoms with E-state index in [0.29, 0.717) is 0 Å². The molecule has 5 atom stereocenters. The van der Waals surface area contributed by atoms with Crippen molar-refractivity contribution in [3.8, 4) is 0 Å². The molecule has 0 heteroatoms. The first-order valence-electron chi connectivity index (χ1n) is 9.60. The smallest absolute Gasteiger partial charge is 0.0136 e. The Bertz CT molecular complexity index is 375. The van der Waals surface area contributed by atoms with Gasteiger partial charge in [-0.1, -0.05) is 83.1 Å². The van der Waals surface area contributed by atoms with Crippen molar-refractivity contribution >= 4 is 0 Å². The van der Waals surface area contributed by atoms with Crippen molar-refractivity contribution in [2.24, 2.45) is 35.5 Å². The third-order valence-corrected chi connectivity index (χ3v) is 6.46. The molecule has 5 unspecified atom stereocenters. The van der Waals surface area contributed by atoms with Crippen LogP contribution in [0.2, 0.25) is 0 Å². The van der Waals surface area contributed by atoms with Crippen LogP contribution in [0.3, 0.4) is 0 Å². The predicted molar refractivity (Wildman–Crippen MR) is 92.1 cm³/mol. The summed E-state index contributed by atoms with van der Waals surface area (Å²) in [5.41, 5.74) is 0. The molecule has 0 amide bonds. The van der Waals surface area contributed by atoms with Gasteiger partial charge in [-0.15, -0.1) is 0 Å². The molecule has 2 fully saturated rings. The van der Waals surface area contributed by atoms with Crippen LogP contribution in [0.15, 0.2) is 24.3 Å². The van der Waals surface area contributed by atoms with Crippen LogP contribution < -0.4 is 0 Å². The molecule has 3 aliphatic rings. The lowest BCUT2D eigenvalue weighted by Crippen LogP contribution is -2.27. The van der Waals surface area contributed by atoms with Gasteiger partial charge in [0.2, 0.25) is 0 Å². The summed E-state index contributed by atoms with van der Waals surface area (Å²) in [5.74, 6) is 5.78. The maximum atomic E-state index is 2.53. The van der Waals surface area contributed by atoms with E-state index in [4.69, 9.17) is 0 Å². The van der Waals surface area contributed by atoms with E-state index in [9.17, 15) is 0 Å². The van der Waals surface area contributed by atoms with Gasteiger partial charge in [0.25, 0.3) is 0 Å². The zero-order valence-corrected chi connectivity index (χ0v) is 14.1. The van der Waals surface area contributed by atoms with Gasteiger partial charge in [-0.3, -0.25) is 0 Å². The number of hydrogen-bond donors (Lipinski definition) is 0. The van der Waals surface area contributed by atoms with Crippen molar-refractivity contribution < 1.29 is 0 Å². The summed E-state index contributed by atoms with van der Waals surface area (Å²) < 4.78 is 0. The van der Waals surface area contributed by atoms with Crippen molar-refractivity contribution in [3.63, 3.8) is 0 Å². The van der Waals surface area contributed by atoms with Crippen molar-refractivity contribution in [2.45, 2.75) is 71.6 Å². The van der Waals surface area contributed by atoms with E-state index >= 15 is 0 Å². The van der Waals surface area contributed by atoms with E-state index < -0.39 is 0 Å². The molecule has 0 aromatic rings. The SMILES string of the molecule is CC(C)CCCCCC1CCCC2C3C=CC=CC3CC12. The third-order valence-electron chi connectivity index (χ3n) is 6.46. The molecule has 0 aliphatic heterocycles. The van der Waals surface area contributed by atoms with Gasteiger partial charge in [0.15, 0.2) is 0 Å². The summed E-state index contributed by atoms with van der Waals surface area (Å²) in [4.78, 5) is 0. The van der Waals surface area contributed by atoms with E-state index in [1.165, 1.54) is 57.8 Å². The molecule has 21 heavy (non-hydrogen) atoms. The van der Waals surface area contributed by atoms with E-state index in [1.54, 1.807) is 0 Å². The molecule has 3 aliphatic carbocycles. The van der Waals surface area contributed by atoms with Crippen LogP contribution in [-0.4, -0.2) is 0 Å². The highest BCUT2D eigenvalue weighted by Crippen LogP contribution is 2.54. The van der Waals surface area contributed by atoms with Gasteiger partial charge >= 0.3 is 0 Å². The molecule has 0 saturated heterocycles. The van der Waals surface area contributed by atoms with Gasteiger partial charge < -0.3 is 0 Å². The summed E-state index contributed by atoms with van der Waals surface area (Å²) in [6, 6.07) is 0. The number of hydrogen-bond acceptors (Lipinski definition) is 0. The second-order valence-corrected chi connectivity index (χ2v) is 8.30. The number of rotatable bonds is 6. The highest BCUT2D eigenvalue weighted by molar-refractivity contribution is 5.19. The van der Waals surface area contributed by atoms with Gasteiger partial charge in [0.05, 0.1) is 0 Å². The van der Waals surface area contributed by atoms with Gasteiger partial charge in [0.1, 0.15) is 0 Å². The number of allylic oxidation sites excluding steroid dienone is 4. The van der Waals surface area contributed by atoms with Crippen LogP contribution in [0.4, 0.5) is 0 Å². The summed E-state index contributed by atoms with van der Waals surface area (Å²) in [7, 11) is 0. The average Bonchev–Trinajstić information content (AvgIpc) is 2.86. The highest BCUT2D eigenvalue weighted by Gasteiger charge is 2.45. The Morgan fingerprint density at radius 2 is 1.81 bits per heavy atom. The van der Waals surface area contributed by atoms with Crippen molar-refractivity contribution in [3.05, 3.63) is 24.3 Å². The first-order chi connectivity index (χ1) is 10.3. The fraction of sp³-hybridized carbons (Fsp3) is 0.810. The molecule has 0 bridgehead atoms. The van der Waals surface area contributed by atoms with Crippen molar-refractivity contribution in [2.75, 3.05) is 0 Å². The Morgan fingerprint density at radius 1 is 0.952 bits per heavy atom. The predicted octanol–water partition coefficient (Wildman–Crippen LogP) is 6.39. The standard InChI is InChI=1S/C21H34/c1-16(2)9-4-3-5-10-17-12-8-14-20-19-13-7-6-11-18(19)15-21(17)20/h6-7,11,13,16-21H,3-5,8-10,12,14-15H2,1-2H3. The normalized spacial score (nSPS) is 37.8. The van der Waals surface area contributed by atoms with Crippen molar-refractivity contribution in [1.82, 2.24) is 0 Å². The third kappa shape index (κ3) is 3.63. The molecule has 118 valence electrons. The lowest BCUT2D eigenvalue weighted by Gasteiger charge is -2.36. The minimum atomic E-state index is 0.881. The van der Waals surface area contributed by atoms with Gasteiger partial charge in [-0.05, 0) is 48.3 Å². The van der Waals surface area contributed by atoms with Crippen LogP contribution >= 0.6 is 0 Å².